The summed E-state index contributed by atoms with van der Waals surface area (Å²) in [5, 5.41) is 0. The number of anilines is 1. The Hall–Kier alpha value is -3.59. The third kappa shape index (κ3) is 4.07. The molecular formula is C27H33N5O4. The van der Waals surface area contributed by atoms with E-state index in [9.17, 15) is 4.79 Å². The van der Waals surface area contributed by atoms with Gasteiger partial charge in [-0.05, 0) is 36.6 Å². The normalized spacial score (nSPS) is 14.1. The van der Waals surface area contributed by atoms with Gasteiger partial charge in [-0.15, -0.1) is 0 Å². The van der Waals surface area contributed by atoms with Crippen molar-refractivity contribution in [3.63, 3.8) is 0 Å². The van der Waals surface area contributed by atoms with Crippen molar-refractivity contribution in [2.75, 3.05) is 45.9 Å². The average molecular weight is 492 g/mol. The molecule has 0 N–H and O–H groups in total. The fourth-order valence-corrected chi connectivity index (χ4v) is 5.09. The topological polar surface area (TPSA) is 83.1 Å². The lowest BCUT2D eigenvalue weighted by atomic mass is 10.0. The Morgan fingerprint density at radius 2 is 1.75 bits per heavy atom. The average Bonchev–Trinajstić information content (AvgIpc) is 3.20. The smallest absolute Gasteiger partial charge is 0.335 e. The highest BCUT2D eigenvalue weighted by Gasteiger charge is 2.28. The van der Waals surface area contributed by atoms with Crippen molar-refractivity contribution in [1.82, 2.24) is 18.9 Å². The number of methoxy groups -OCH3 is 3. The minimum Gasteiger partial charge on any atom is -0.497 e. The van der Waals surface area contributed by atoms with E-state index in [1.165, 1.54) is 0 Å². The number of aromatic nitrogens is 4. The SMILES string of the molecule is COCC1CN(c2cnc3c(c2)n(Cc2cc(OC)cc(OC)c2)c(=O)n2c(C)c(C(C)C)nc32)C1. The predicted octanol–water partition coefficient (Wildman–Crippen LogP) is 3.62. The van der Waals surface area contributed by atoms with Crippen LogP contribution in [0.25, 0.3) is 16.7 Å². The van der Waals surface area contributed by atoms with Gasteiger partial charge in [-0.3, -0.25) is 4.57 Å². The molecule has 0 radical (unpaired) electrons. The molecule has 0 saturated carbocycles. The molecule has 5 rings (SSSR count). The molecule has 0 atom stereocenters. The van der Waals surface area contributed by atoms with E-state index < -0.39 is 0 Å². The summed E-state index contributed by atoms with van der Waals surface area (Å²) in [6.45, 7) is 9.01. The Morgan fingerprint density at radius 1 is 1.06 bits per heavy atom. The molecule has 1 aromatic carbocycles. The van der Waals surface area contributed by atoms with Crippen LogP contribution in [0.1, 0.15) is 36.7 Å². The Balaban J connectivity index is 1.70. The molecule has 0 spiro atoms. The van der Waals surface area contributed by atoms with Gasteiger partial charge in [0.15, 0.2) is 5.65 Å². The van der Waals surface area contributed by atoms with Gasteiger partial charge < -0.3 is 19.1 Å². The van der Waals surface area contributed by atoms with Crippen molar-refractivity contribution in [3.8, 4) is 11.5 Å². The zero-order chi connectivity index (χ0) is 25.6. The lowest BCUT2D eigenvalue weighted by molar-refractivity contribution is 0.137. The highest BCUT2D eigenvalue weighted by atomic mass is 16.5. The molecule has 3 aromatic heterocycles. The van der Waals surface area contributed by atoms with Gasteiger partial charge in [0.25, 0.3) is 0 Å². The van der Waals surface area contributed by atoms with Crippen molar-refractivity contribution in [3.05, 3.63) is 57.9 Å². The van der Waals surface area contributed by atoms with Crippen LogP contribution in [0.5, 0.6) is 11.5 Å². The zero-order valence-electron chi connectivity index (χ0n) is 21.7. The summed E-state index contributed by atoms with van der Waals surface area (Å²) >= 11 is 0. The predicted molar refractivity (Wildman–Crippen MR) is 140 cm³/mol. The number of nitrogens with zero attached hydrogens (tertiary/aromatic N) is 5. The van der Waals surface area contributed by atoms with Crippen LogP contribution in [0.3, 0.4) is 0 Å². The molecule has 0 unspecified atom stereocenters. The second kappa shape index (κ2) is 9.46. The Kier molecular flexibility index (Phi) is 6.34. The minimum absolute atomic E-state index is 0.143. The van der Waals surface area contributed by atoms with Crippen LogP contribution in [0.2, 0.25) is 0 Å². The molecule has 4 heterocycles. The number of hydrogen-bond donors (Lipinski definition) is 0. The molecular weight excluding hydrogens is 458 g/mol. The van der Waals surface area contributed by atoms with Crippen molar-refractivity contribution in [2.45, 2.75) is 33.2 Å². The van der Waals surface area contributed by atoms with Gasteiger partial charge >= 0.3 is 5.69 Å². The lowest BCUT2D eigenvalue weighted by Crippen LogP contribution is -2.48. The standard InChI is InChI=1S/C27H33N5O4/c1-16(2)24-17(3)32-26(29-24)25-23(9-20(11-28-25)30-12-19(13-30)15-34-4)31(27(32)33)14-18-7-21(35-5)10-22(8-18)36-6/h7-11,16,19H,12-15H2,1-6H3. The van der Waals surface area contributed by atoms with Gasteiger partial charge in [0, 0.05) is 37.9 Å². The number of fused-ring (bicyclic) bond motifs is 3. The van der Waals surface area contributed by atoms with Gasteiger partial charge in [0.1, 0.15) is 17.0 Å². The van der Waals surface area contributed by atoms with Crippen LogP contribution < -0.4 is 20.1 Å². The number of benzene rings is 1. The monoisotopic (exact) mass is 491 g/mol. The van der Waals surface area contributed by atoms with E-state index in [4.69, 9.17) is 24.2 Å². The molecule has 36 heavy (non-hydrogen) atoms. The zero-order valence-corrected chi connectivity index (χ0v) is 21.7. The number of rotatable bonds is 8. The van der Waals surface area contributed by atoms with E-state index in [2.05, 4.69) is 24.8 Å². The summed E-state index contributed by atoms with van der Waals surface area (Å²) < 4.78 is 19.7. The molecule has 0 aliphatic carbocycles. The van der Waals surface area contributed by atoms with Crippen LogP contribution in [0.15, 0.2) is 35.3 Å². The highest BCUT2D eigenvalue weighted by Crippen LogP contribution is 2.30. The fourth-order valence-electron chi connectivity index (χ4n) is 5.09. The number of aryl methyl sites for hydroxylation is 1. The molecule has 1 saturated heterocycles. The van der Waals surface area contributed by atoms with Crippen LogP contribution >= 0.6 is 0 Å². The van der Waals surface area contributed by atoms with E-state index >= 15 is 0 Å². The maximum atomic E-state index is 14.0. The van der Waals surface area contributed by atoms with Crippen molar-refractivity contribution < 1.29 is 14.2 Å². The van der Waals surface area contributed by atoms with Gasteiger partial charge in [0.2, 0.25) is 0 Å². The molecule has 0 amide bonds. The Bertz CT molecular complexity index is 1460. The molecule has 1 aliphatic heterocycles. The number of imidazole rings is 1. The van der Waals surface area contributed by atoms with Crippen molar-refractivity contribution >= 4 is 22.4 Å². The van der Waals surface area contributed by atoms with Crippen LogP contribution in [0, 0.1) is 12.8 Å². The summed E-state index contributed by atoms with van der Waals surface area (Å²) in [4.78, 5) is 26.0. The first-order valence-corrected chi connectivity index (χ1v) is 12.2. The molecule has 1 fully saturated rings. The highest BCUT2D eigenvalue weighted by molar-refractivity contribution is 5.90. The first-order valence-electron chi connectivity index (χ1n) is 12.2. The summed E-state index contributed by atoms with van der Waals surface area (Å²) in [5.74, 6) is 2.04. The maximum Gasteiger partial charge on any atom is 0.335 e. The molecule has 0 bridgehead atoms. The number of pyridine rings is 1. The van der Waals surface area contributed by atoms with Gasteiger partial charge in [-0.2, -0.15) is 0 Å². The second-order valence-corrected chi connectivity index (χ2v) is 9.77. The van der Waals surface area contributed by atoms with E-state index in [-0.39, 0.29) is 11.6 Å². The van der Waals surface area contributed by atoms with E-state index in [1.54, 1.807) is 30.3 Å². The fraction of sp³-hybridized carbons (Fsp3) is 0.444. The molecule has 9 nitrogen and oxygen atoms in total. The molecule has 9 heteroatoms. The summed E-state index contributed by atoms with van der Waals surface area (Å²) in [6.07, 6.45) is 1.88. The maximum absolute atomic E-state index is 14.0. The quantitative estimate of drug-likeness (QED) is 0.372. The summed E-state index contributed by atoms with van der Waals surface area (Å²) in [5.41, 5.74) is 5.55. The minimum atomic E-state index is -0.143. The lowest BCUT2D eigenvalue weighted by Gasteiger charge is -2.40. The summed E-state index contributed by atoms with van der Waals surface area (Å²) in [6, 6.07) is 7.73. The molecule has 190 valence electrons. The van der Waals surface area contributed by atoms with Crippen molar-refractivity contribution in [2.24, 2.45) is 5.92 Å². The number of ether oxygens (including phenoxy) is 3. The van der Waals surface area contributed by atoms with E-state index in [0.29, 0.717) is 35.1 Å². The largest absolute Gasteiger partial charge is 0.497 e. The first-order chi connectivity index (χ1) is 17.3. The van der Waals surface area contributed by atoms with E-state index in [0.717, 1.165) is 47.9 Å². The van der Waals surface area contributed by atoms with Crippen molar-refractivity contribution in [1.29, 1.82) is 0 Å². The van der Waals surface area contributed by atoms with Gasteiger partial charge in [-0.25, -0.2) is 19.2 Å². The van der Waals surface area contributed by atoms with E-state index in [1.807, 2.05) is 31.3 Å². The first kappa shape index (κ1) is 24.1. The Morgan fingerprint density at radius 3 is 2.36 bits per heavy atom. The number of hydrogen-bond acceptors (Lipinski definition) is 7. The van der Waals surface area contributed by atoms with Crippen LogP contribution in [0.4, 0.5) is 5.69 Å². The van der Waals surface area contributed by atoms with Gasteiger partial charge in [-0.1, -0.05) is 13.8 Å². The molecule has 4 aromatic rings. The van der Waals surface area contributed by atoms with Gasteiger partial charge in [0.05, 0.1) is 50.5 Å². The second-order valence-electron chi connectivity index (χ2n) is 9.77. The Labute approximate surface area is 210 Å². The third-order valence-corrected chi connectivity index (χ3v) is 6.95. The summed E-state index contributed by atoms with van der Waals surface area (Å²) in [7, 11) is 4.97. The van der Waals surface area contributed by atoms with Crippen LogP contribution in [-0.2, 0) is 11.3 Å². The molecule has 1 aliphatic rings. The van der Waals surface area contributed by atoms with Crippen LogP contribution in [-0.4, -0.2) is 60.0 Å². The third-order valence-electron chi connectivity index (χ3n) is 6.95.